The van der Waals surface area contributed by atoms with Gasteiger partial charge in [-0.05, 0) is 25.3 Å². The van der Waals surface area contributed by atoms with E-state index in [9.17, 15) is 9.59 Å². The molecule has 0 aromatic carbocycles. The number of rotatable bonds is 8. The molecule has 0 fully saturated rings. The third-order valence-corrected chi connectivity index (χ3v) is 3.43. The van der Waals surface area contributed by atoms with Crippen LogP contribution in [0.1, 0.15) is 42.5 Å². The molecule has 0 unspecified atom stereocenters. The first-order valence-electron chi connectivity index (χ1n) is 7.48. The molecule has 0 rings (SSSR count). The molecule has 0 saturated carbocycles. The van der Waals surface area contributed by atoms with Crippen LogP contribution in [0.2, 0.25) is 0 Å². The smallest absolute Gasteiger partial charge is 0.245 e. The lowest BCUT2D eigenvalue weighted by Crippen LogP contribution is -2.55. The molecule has 0 spiro atoms. The van der Waals surface area contributed by atoms with Gasteiger partial charge in [0.25, 0.3) is 0 Å². The summed E-state index contributed by atoms with van der Waals surface area (Å²) in [4.78, 5) is 26.3. The first-order chi connectivity index (χ1) is 9.26. The largest absolute Gasteiger partial charge is 0.344 e. The minimum Gasteiger partial charge on any atom is -0.344 e. The fourth-order valence-corrected chi connectivity index (χ4v) is 2.21. The summed E-state index contributed by atoms with van der Waals surface area (Å²) in [5.74, 6) is 0.111. The molecule has 0 aromatic rings. The van der Waals surface area contributed by atoms with E-state index in [0.29, 0.717) is 6.54 Å². The predicted molar refractivity (Wildman–Crippen MR) is 84.5 cm³/mol. The fraction of sp³-hybridized carbons (Fsp3) is 0.867. The first kappa shape index (κ1) is 18.9. The summed E-state index contributed by atoms with van der Waals surface area (Å²) in [5.41, 5.74) is 0. The first-order valence-corrected chi connectivity index (χ1v) is 7.48. The predicted octanol–water partition coefficient (Wildman–Crippen LogP) is 1.49. The van der Waals surface area contributed by atoms with Gasteiger partial charge >= 0.3 is 0 Å². The van der Waals surface area contributed by atoms with Crippen molar-refractivity contribution in [2.45, 2.75) is 53.1 Å². The normalized spacial score (nSPS) is 14.2. The van der Waals surface area contributed by atoms with Crippen LogP contribution in [0.3, 0.4) is 0 Å². The lowest BCUT2D eigenvalue weighted by molar-refractivity contribution is -0.137. The minimum absolute atomic E-state index is 0. The number of hydrogen-bond donors (Lipinski definition) is 2. The molecule has 2 atom stereocenters. The quantitative estimate of drug-likeness (QED) is 0.711. The summed E-state index contributed by atoms with van der Waals surface area (Å²) < 4.78 is 0. The number of carbonyl (C=O) groups excluding carboxylic acids is 2. The van der Waals surface area contributed by atoms with Crippen molar-refractivity contribution in [2.75, 3.05) is 20.6 Å². The monoisotopic (exact) mass is 287 g/mol. The Morgan fingerprint density at radius 3 is 1.95 bits per heavy atom. The van der Waals surface area contributed by atoms with Crippen LogP contribution in [0, 0.1) is 11.8 Å². The van der Waals surface area contributed by atoms with Crippen molar-refractivity contribution in [1.82, 2.24) is 15.5 Å². The standard InChI is InChI=1S/C15H31N3O2.H2/c1-8-9-18(7)15(20)13(11(4)5)17-14(19)12(16-6)10(2)3;/h10-13,16H,8-9H2,1-7H3,(H,17,19);1H/t12-,13-;/m0./s1. The van der Waals surface area contributed by atoms with Gasteiger partial charge in [0.1, 0.15) is 6.04 Å². The van der Waals surface area contributed by atoms with Gasteiger partial charge in [0.2, 0.25) is 11.8 Å². The van der Waals surface area contributed by atoms with E-state index in [1.54, 1.807) is 19.0 Å². The average Bonchev–Trinajstić information content (AvgIpc) is 2.35. The SMILES string of the molecule is CCCN(C)C(=O)[C@@H](NC(=O)[C@@H](NC)C(C)C)C(C)C.[HH]. The topological polar surface area (TPSA) is 61.4 Å². The molecule has 2 amide bonds. The van der Waals surface area contributed by atoms with Crippen LogP contribution in [-0.2, 0) is 9.59 Å². The Hall–Kier alpha value is -1.10. The van der Waals surface area contributed by atoms with Crippen molar-refractivity contribution in [2.24, 2.45) is 11.8 Å². The molecule has 0 bridgehead atoms. The van der Waals surface area contributed by atoms with Gasteiger partial charge in [-0.15, -0.1) is 0 Å². The van der Waals surface area contributed by atoms with Gasteiger partial charge in [0, 0.05) is 15.0 Å². The molecule has 2 N–H and O–H groups in total. The number of carbonyl (C=O) groups is 2. The zero-order valence-electron chi connectivity index (χ0n) is 14.0. The molecule has 0 aromatic heterocycles. The summed E-state index contributed by atoms with van der Waals surface area (Å²) in [7, 11) is 3.55. The van der Waals surface area contributed by atoms with Gasteiger partial charge in [-0.25, -0.2) is 0 Å². The summed E-state index contributed by atoms with van der Waals surface area (Å²) in [5, 5.41) is 5.90. The zero-order chi connectivity index (χ0) is 15.9. The van der Waals surface area contributed by atoms with Crippen LogP contribution in [0.5, 0.6) is 0 Å². The van der Waals surface area contributed by atoms with Crippen molar-refractivity contribution in [3.63, 3.8) is 0 Å². The molecule has 0 saturated heterocycles. The molecule has 120 valence electrons. The third kappa shape index (κ3) is 5.49. The number of nitrogens with one attached hydrogen (secondary N) is 2. The van der Waals surface area contributed by atoms with Gasteiger partial charge < -0.3 is 15.5 Å². The molecule has 0 heterocycles. The third-order valence-electron chi connectivity index (χ3n) is 3.43. The van der Waals surface area contributed by atoms with Crippen LogP contribution in [0.25, 0.3) is 0 Å². The molecule has 5 heteroatoms. The van der Waals surface area contributed by atoms with Gasteiger partial charge in [-0.3, -0.25) is 9.59 Å². The summed E-state index contributed by atoms with van der Waals surface area (Å²) >= 11 is 0. The molecule has 0 radical (unpaired) electrons. The van der Waals surface area contributed by atoms with Gasteiger partial charge in [-0.2, -0.15) is 0 Å². The van der Waals surface area contributed by atoms with E-state index < -0.39 is 6.04 Å². The minimum atomic E-state index is -0.464. The Morgan fingerprint density at radius 2 is 1.60 bits per heavy atom. The van der Waals surface area contributed by atoms with Crippen molar-refractivity contribution >= 4 is 11.8 Å². The van der Waals surface area contributed by atoms with Crippen LogP contribution >= 0.6 is 0 Å². The fourth-order valence-electron chi connectivity index (χ4n) is 2.21. The molecular weight excluding hydrogens is 254 g/mol. The molecule has 0 aliphatic carbocycles. The van der Waals surface area contributed by atoms with E-state index >= 15 is 0 Å². The molecular formula is C15H33N3O2. The Labute approximate surface area is 125 Å². The van der Waals surface area contributed by atoms with Gasteiger partial charge in [0.15, 0.2) is 0 Å². The van der Waals surface area contributed by atoms with Crippen molar-refractivity contribution in [3.8, 4) is 0 Å². The number of amides is 2. The van der Waals surface area contributed by atoms with Crippen LogP contribution in [-0.4, -0.2) is 49.4 Å². The van der Waals surface area contributed by atoms with Crippen molar-refractivity contribution < 1.29 is 11.0 Å². The van der Waals surface area contributed by atoms with Gasteiger partial charge in [0.05, 0.1) is 6.04 Å². The molecule has 0 aliphatic heterocycles. The highest BCUT2D eigenvalue weighted by atomic mass is 16.2. The highest BCUT2D eigenvalue weighted by Gasteiger charge is 2.29. The lowest BCUT2D eigenvalue weighted by atomic mass is 9.99. The van der Waals surface area contributed by atoms with Crippen LogP contribution in [0.4, 0.5) is 0 Å². The second kappa shape index (κ2) is 8.95. The Bertz CT molecular complexity index is 322. The van der Waals surface area contributed by atoms with E-state index in [1.165, 1.54) is 0 Å². The van der Waals surface area contributed by atoms with Gasteiger partial charge in [-0.1, -0.05) is 34.6 Å². The summed E-state index contributed by atoms with van der Waals surface area (Å²) in [6.07, 6.45) is 0.909. The average molecular weight is 287 g/mol. The van der Waals surface area contributed by atoms with Crippen molar-refractivity contribution in [3.05, 3.63) is 0 Å². The molecule has 20 heavy (non-hydrogen) atoms. The summed E-state index contributed by atoms with van der Waals surface area (Å²) in [6.45, 7) is 10.6. The van der Waals surface area contributed by atoms with E-state index in [-0.39, 0.29) is 31.1 Å². The van der Waals surface area contributed by atoms with E-state index in [4.69, 9.17) is 0 Å². The Balaban J connectivity index is 0. The number of nitrogens with zero attached hydrogens (tertiary/aromatic N) is 1. The highest BCUT2D eigenvalue weighted by Crippen LogP contribution is 2.08. The number of likely N-dealkylation sites (N-methyl/N-ethyl adjacent to an activating group) is 2. The molecule has 5 nitrogen and oxygen atoms in total. The van der Waals surface area contributed by atoms with Crippen molar-refractivity contribution in [1.29, 1.82) is 0 Å². The zero-order valence-corrected chi connectivity index (χ0v) is 14.0. The van der Waals surface area contributed by atoms with Crippen LogP contribution < -0.4 is 10.6 Å². The summed E-state index contributed by atoms with van der Waals surface area (Å²) in [6, 6.07) is -0.741. The van der Waals surface area contributed by atoms with E-state index in [1.807, 2.05) is 34.6 Å². The second-order valence-electron chi connectivity index (χ2n) is 6.00. The molecule has 0 aliphatic rings. The maximum atomic E-state index is 12.4. The number of hydrogen-bond acceptors (Lipinski definition) is 3. The maximum Gasteiger partial charge on any atom is 0.245 e. The maximum absolute atomic E-state index is 12.4. The Morgan fingerprint density at radius 1 is 1.10 bits per heavy atom. The van der Waals surface area contributed by atoms with E-state index in [0.717, 1.165) is 6.42 Å². The second-order valence-corrected chi connectivity index (χ2v) is 6.00. The van der Waals surface area contributed by atoms with Crippen LogP contribution in [0.15, 0.2) is 0 Å². The van der Waals surface area contributed by atoms with E-state index in [2.05, 4.69) is 10.6 Å². The highest BCUT2D eigenvalue weighted by molar-refractivity contribution is 5.90. The lowest BCUT2D eigenvalue weighted by Gasteiger charge is -2.29. The Kier molecular flexibility index (Phi) is 8.46.